The van der Waals surface area contributed by atoms with Gasteiger partial charge in [-0.05, 0) is 24.8 Å². The van der Waals surface area contributed by atoms with Crippen LogP contribution in [-0.2, 0) is 6.42 Å². The predicted octanol–water partition coefficient (Wildman–Crippen LogP) is 3.20. The van der Waals surface area contributed by atoms with Gasteiger partial charge in [0.05, 0.1) is 0 Å². The quantitative estimate of drug-likeness (QED) is 0.539. The van der Waals surface area contributed by atoms with Gasteiger partial charge in [-0.2, -0.15) is 25.3 Å². The second-order valence-electron chi connectivity index (χ2n) is 2.86. The van der Waals surface area contributed by atoms with E-state index in [0.29, 0.717) is 0 Å². The van der Waals surface area contributed by atoms with Crippen LogP contribution in [0.2, 0.25) is 0 Å². The van der Waals surface area contributed by atoms with Crippen LogP contribution in [-0.4, -0.2) is 4.58 Å². The lowest BCUT2D eigenvalue weighted by Crippen LogP contribution is -1.90. The highest BCUT2D eigenvalue weighted by Crippen LogP contribution is 2.11. The van der Waals surface area contributed by atoms with Gasteiger partial charge in [-0.1, -0.05) is 30.3 Å². The molecule has 0 radical (unpaired) electrons. The van der Waals surface area contributed by atoms with Crippen molar-refractivity contribution in [3.05, 3.63) is 35.9 Å². The Labute approximate surface area is 85.2 Å². The van der Waals surface area contributed by atoms with Crippen LogP contribution in [0.4, 0.5) is 0 Å². The Hall–Kier alpha value is -0.0800. The third kappa shape index (κ3) is 4.07. The molecule has 0 saturated carbocycles. The lowest BCUT2D eigenvalue weighted by molar-refractivity contribution is 0.789. The number of rotatable bonds is 4. The monoisotopic (exact) mass is 198 g/mol. The topological polar surface area (TPSA) is 0 Å². The molecule has 0 N–H and O–H groups in total. The smallest absolute Gasteiger partial charge is 0.0442 e. The molecule has 0 bridgehead atoms. The molecule has 0 aliphatic rings. The first-order valence-corrected chi connectivity index (χ1v) is 5.22. The fraction of sp³-hybridized carbons (Fsp3) is 0.400. The van der Waals surface area contributed by atoms with Crippen molar-refractivity contribution >= 4 is 25.3 Å². The van der Waals surface area contributed by atoms with Crippen LogP contribution in [0.5, 0.6) is 0 Å². The molecule has 0 aromatic heterocycles. The molecule has 0 atom stereocenters. The summed E-state index contributed by atoms with van der Waals surface area (Å²) < 4.78 is 0.230. The van der Waals surface area contributed by atoms with Crippen molar-refractivity contribution in [1.82, 2.24) is 0 Å². The van der Waals surface area contributed by atoms with E-state index in [-0.39, 0.29) is 4.58 Å². The summed E-state index contributed by atoms with van der Waals surface area (Å²) in [6.45, 7) is 0. The molecule has 0 spiro atoms. The molecule has 0 saturated heterocycles. The fourth-order valence-electron chi connectivity index (χ4n) is 1.13. The molecule has 0 aliphatic carbocycles. The third-order valence-electron chi connectivity index (χ3n) is 1.77. The standard InChI is InChI=1S/C10H14S2/c11-10(12)8-4-7-9-5-2-1-3-6-9/h1-3,5-6,10-12H,4,7-8H2. The first-order chi connectivity index (χ1) is 5.79. The summed E-state index contributed by atoms with van der Waals surface area (Å²) in [5.41, 5.74) is 1.40. The molecule has 0 aliphatic heterocycles. The molecular formula is C10H14S2. The number of hydrogen-bond acceptors (Lipinski definition) is 2. The molecule has 0 unspecified atom stereocenters. The van der Waals surface area contributed by atoms with E-state index in [0.717, 1.165) is 12.8 Å². The maximum Gasteiger partial charge on any atom is 0.0442 e. The Morgan fingerprint density at radius 3 is 2.33 bits per heavy atom. The van der Waals surface area contributed by atoms with Crippen molar-refractivity contribution in [1.29, 1.82) is 0 Å². The molecule has 1 aromatic rings. The van der Waals surface area contributed by atoms with Gasteiger partial charge in [0.25, 0.3) is 0 Å². The van der Waals surface area contributed by atoms with E-state index >= 15 is 0 Å². The average Bonchev–Trinajstić information content (AvgIpc) is 2.05. The van der Waals surface area contributed by atoms with Gasteiger partial charge >= 0.3 is 0 Å². The van der Waals surface area contributed by atoms with E-state index < -0.39 is 0 Å². The van der Waals surface area contributed by atoms with Gasteiger partial charge < -0.3 is 0 Å². The van der Waals surface area contributed by atoms with Gasteiger partial charge in [-0.3, -0.25) is 0 Å². The maximum absolute atomic E-state index is 4.21. The first kappa shape index (κ1) is 10.0. The van der Waals surface area contributed by atoms with Crippen LogP contribution in [0.1, 0.15) is 18.4 Å². The number of aryl methyl sites for hydroxylation is 1. The van der Waals surface area contributed by atoms with Crippen LogP contribution >= 0.6 is 25.3 Å². The molecule has 1 aromatic carbocycles. The minimum Gasteiger partial charge on any atom is -0.165 e. The fourth-order valence-corrected chi connectivity index (χ4v) is 1.50. The van der Waals surface area contributed by atoms with Crippen molar-refractivity contribution in [2.45, 2.75) is 23.8 Å². The van der Waals surface area contributed by atoms with Gasteiger partial charge in [0.2, 0.25) is 0 Å². The molecule has 0 heterocycles. The molecule has 0 amide bonds. The normalized spacial score (nSPS) is 10.6. The van der Waals surface area contributed by atoms with Crippen LogP contribution < -0.4 is 0 Å². The van der Waals surface area contributed by atoms with Crippen LogP contribution in [0, 0.1) is 0 Å². The van der Waals surface area contributed by atoms with Crippen molar-refractivity contribution < 1.29 is 0 Å². The van der Waals surface area contributed by atoms with E-state index in [9.17, 15) is 0 Å². The number of benzene rings is 1. The third-order valence-corrected chi connectivity index (χ3v) is 2.29. The van der Waals surface area contributed by atoms with Gasteiger partial charge in [-0.25, -0.2) is 0 Å². The predicted molar refractivity (Wildman–Crippen MR) is 61.1 cm³/mol. The summed E-state index contributed by atoms with van der Waals surface area (Å²) in [6, 6.07) is 10.5. The second kappa shape index (κ2) is 5.55. The molecular weight excluding hydrogens is 184 g/mol. The number of thiol groups is 2. The maximum atomic E-state index is 4.21. The van der Waals surface area contributed by atoms with Crippen molar-refractivity contribution in [3.63, 3.8) is 0 Å². The Morgan fingerprint density at radius 2 is 1.75 bits per heavy atom. The van der Waals surface area contributed by atoms with E-state index in [1.165, 1.54) is 12.0 Å². The summed E-state index contributed by atoms with van der Waals surface area (Å²) in [5.74, 6) is 0. The Morgan fingerprint density at radius 1 is 1.08 bits per heavy atom. The molecule has 2 heteroatoms. The highest BCUT2D eigenvalue weighted by Gasteiger charge is 1.95. The van der Waals surface area contributed by atoms with Crippen molar-refractivity contribution in [2.24, 2.45) is 0 Å². The van der Waals surface area contributed by atoms with E-state index in [4.69, 9.17) is 0 Å². The van der Waals surface area contributed by atoms with E-state index in [2.05, 4.69) is 49.5 Å². The van der Waals surface area contributed by atoms with Crippen LogP contribution in [0.3, 0.4) is 0 Å². The van der Waals surface area contributed by atoms with Gasteiger partial charge in [0, 0.05) is 4.58 Å². The molecule has 0 nitrogen and oxygen atoms in total. The van der Waals surface area contributed by atoms with Gasteiger partial charge in [-0.15, -0.1) is 0 Å². The summed E-state index contributed by atoms with van der Waals surface area (Å²) in [6.07, 6.45) is 3.38. The summed E-state index contributed by atoms with van der Waals surface area (Å²) in [5, 5.41) is 0. The Kier molecular flexibility index (Phi) is 4.62. The van der Waals surface area contributed by atoms with E-state index in [1.54, 1.807) is 0 Å². The molecule has 0 fully saturated rings. The zero-order valence-electron chi connectivity index (χ0n) is 6.98. The lowest BCUT2D eigenvalue weighted by atomic mass is 10.1. The summed E-state index contributed by atoms with van der Waals surface area (Å²) >= 11 is 8.42. The minimum absolute atomic E-state index is 0.230. The first-order valence-electron chi connectivity index (χ1n) is 4.19. The van der Waals surface area contributed by atoms with Crippen molar-refractivity contribution in [2.75, 3.05) is 0 Å². The molecule has 12 heavy (non-hydrogen) atoms. The van der Waals surface area contributed by atoms with Gasteiger partial charge in [0.15, 0.2) is 0 Å². The lowest BCUT2D eigenvalue weighted by Gasteiger charge is -2.02. The summed E-state index contributed by atoms with van der Waals surface area (Å²) in [7, 11) is 0. The van der Waals surface area contributed by atoms with Crippen LogP contribution in [0.25, 0.3) is 0 Å². The molecule has 66 valence electrons. The zero-order valence-corrected chi connectivity index (χ0v) is 8.77. The summed E-state index contributed by atoms with van der Waals surface area (Å²) in [4.78, 5) is 0. The molecule has 1 rings (SSSR count). The highest BCUT2D eigenvalue weighted by molar-refractivity contribution is 7.99. The number of hydrogen-bond donors (Lipinski definition) is 2. The minimum atomic E-state index is 0.230. The van der Waals surface area contributed by atoms with Crippen LogP contribution in [0.15, 0.2) is 30.3 Å². The van der Waals surface area contributed by atoms with Gasteiger partial charge in [0.1, 0.15) is 0 Å². The highest BCUT2D eigenvalue weighted by atomic mass is 32.2. The van der Waals surface area contributed by atoms with Crippen molar-refractivity contribution in [3.8, 4) is 0 Å². The Balaban J connectivity index is 2.25. The average molecular weight is 198 g/mol. The Bertz CT molecular complexity index is 206. The zero-order chi connectivity index (χ0) is 8.81. The SMILES string of the molecule is SC(S)CCCc1ccccc1. The second-order valence-corrected chi connectivity index (χ2v) is 4.51. The van der Waals surface area contributed by atoms with E-state index in [1.807, 2.05) is 6.07 Å². The largest absolute Gasteiger partial charge is 0.165 e.